The van der Waals surface area contributed by atoms with Crippen molar-refractivity contribution in [2.45, 2.75) is 14.9 Å². The summed E-state index contributed by atoms with van der Waals surface area (Å²) in [6.45, 7) is 0. The van der Waals surface area contributed by atoms with Crippen LogP contribution in [0.1, 0.15) is 31.5 Å². The van der Waals surface area contributed by atoms with Gasteiger partial charge in [0.25, 0.3) is 0 Å². The minimum Gasteiger partial charge on any atom is -0.454 e. The van der Waals surface area contributed by atoms with Crippen molar-refractivity contribution in [1.82, 2.24) is 58.6 Å². The molecule has 0 radical (unpaired) electrons. The second kappa shape index (κ2) is 35.6. The van der Waals surface area contributed by atoms with E-state index in [1.165, 1.54) is 36.5 Å². The first-order valence-corrected chi connectivity index (χ1v) is 45.9. The highest BCUT2D eigenvalue weighted by atomic mass is 32.1. The summed E-state index contributed by atoms with van der Waals surface area (Å²) in [6.07, 6.45) is 0. The van der Waals surface area contributed by atoms with Gasteiger partial charge in [-0.3, -0.25) is 0 Å². The summed E-state index contributed by atoms with van der Waals surface area (Å²) in [5.74, 6) is 5.00. The van der Waals surface area contributed by atoms with Crippen molar-refractivity contribution in [3.8, 4) is 138 Å². The number of hydrogen-bond acceptors (Lipinski definition) is 15. The van der Waals surface area contributed by atoms with Gasteiger partial charge in [0.1, 0.15) is 11.2 Å². The van der Waals surface area contributed by atoms with Gasteiger partial charge in [-0.15, -0.1) is 11.3 Å². The van der Waals surface area contributed by atoms with Crippen molar-refractivity contribution in [3.05, 3.63) is 435 Å². The Bertz CT molecular complexity index is 9720. The summed E-state index contributed by atoms with van der Waals surface area (Å²) in [6, 6.07) is 147. The summed E-state index contributed by atoms with van der Waals surface area (Å²) in [5.41, 5.74) is 22.4. The molecule has 27 aromatic rings. The number of aromatic nitrogens is 12. The lowest BCUT2D eigenvalue weighted by Gasteiger charge is -2.12. The highest BCUT2D eigenvalue weighted by Crippen LogP contribution is 2.47. The molecule has 0 bridgehead atoms. The highest BCUT2D eigenvalue weighted by molar-refractivity contribution is 7.26. The van der Waals surface area contributed by atoms with Gasteiger partial charge in [-0.1, -0.05) is 288 Å². The molecule has 0 aliphatic heterocycles. The number of nitriles is 3. The predicted molar refractivity (Wildman–Crippen MR) is 566 cm³/mol. The van der Waals surface area contributed by atoms with Gasteiger partial charge in [-0.05, 0) is 146 Å². The fraction of sp³-hybridized carbons (Fsp3) is 0.0164. The third-order valence-corrected chi connectivity index (χ3v) is 26.6. The smallest absolute Gasteiger partial charge is 0.164 e. The Morgan fingerprint density at radius 3 is 0.907 bits per heavy atom. The summed E-state index contributed by atoms with van der Waals surface area (Å²) in [5, 5.41) is 42.3. The lowest BCUT2D eigenvalue weighted by atomic mass is 10.1. The van der Waals surface area contributed by atoms with E-state index < -0.39 is 0 Å². The Hall–Kier alpha value is -19.3. The number of benzene rings is 18. The van der Waals surface area contributed by atoms with Crippen molar-refractivity contribution in [2.24, 2.45) is 0 Å². The predicted octanol–water partition coefficient (Wildman–Crippen LogP) is 31.0. The minimum atomic E-state index is 0. The molecule has 0 atom stereocenters. The van der Waals surface area contributed by atoms with Crippen LogP contribution in [-0.4, -0.2) is 58.6 Å². The molecule has 27 rings (SSSR count). The molecule has 0 unspecified atom stereocenters. The van der Waals surface area contributed by atoms with Gasteiger partial charge in [0.05, 0.1) is 72.7 Å². The number of nitrogens with zero attached hydrogens (tertiary/aromatic N) is 15. The van der Waals surface area contributed by atoms with Crippen LogP contribution >= 0.6 is 11.3 Å². The van der Waals surface area contributed by atoms with E-state index in [2.05, 4.69) is 226 Å². The Labute approximate surface area is 806 Å². The van der Waals surface area contributed by atoms with Crippen molar-refractivity contribution in [2.75, 3.05) is 0 Å². The molecule has 0 N–H and O–H groups in total. The van der Waals surface area contributed by atoms with Gasteiger partial charge in [-0.2, -0.15) is 15.8 Å². The molecule has 0 saturated carbocycles. The van der Waals surface area contributed by atoms with E-state index in [1.807, 2.05) is 199 Å². The Morgan fingerprint density at radius 1 is 0.207 bits per heavy atom. The van der Waals surface area contributed by atoms with Crippen LogP contribution in [0, 0.1) is 34.0 Å². The Kier molecular flexibility index (Phi) is 21.6. The number of thiophene rings is 1. The quantitative estimate of drug-likeness (QED) is 0.111. The van der Waals surface area contributed by atoms with E-state index in [-0.39, 0.29) is 14.9 Å². The van der Waals surface area contributed by atoms with E-state index in [0.717, 1.165) is 160 Å². The number of para-hydroxylation sites is 5. The topological polar surface area (TPSA) is 228 Å². The second-order valence-electron chi connectivity index (χ2n) is 33.6. The first-order chi connectivity index (χ1) is 68.2. The number of rotatable bonds is 12. The van der Waals surface area contributed by atoms with Gasteiger partial charge in [0.15, 0.2) is 63.6 Å². The van der Waals surface area contributed by atoms with Gasteiger partial charge in [0.2, 0.25) is 0 Å². The normalized spacial score (nSPS) is 11.3. The van der Waals surface area contributed by atoms with Crippen LogP contribution in [0.3, 0.4) is 0 Å². The molecule has 18 aromatic carbocycles. The van der Waals surface area contributed by atoms with Crippen LogP contribution in [0.2, 0.25) is 0 Å². The van der Waals surface area contributed by atoms with Gasteiger partial charge >= 0.3 is 0 Å². The molecular weight excluding hydrogens is 1740 g/mol. The van der Waals surface area contributed by atoms with Gasteiger partial charge < -0.3 is 22.5 Å². The zero-order valence-electron chi connectivity index (χ0n) is 73.3. The summed E-state index contributed by atoms with van der Waals surface area (Å²) in [4.78, 5) is 44.1. The van der Waals surface area contributed by atoms with Gasteiger partial charge in [0, 0.05) is 136 Å². The Balaban J connectivity index is 0.000000116. The van der Waals surface area contributed by atoms with Crippen molar-refractivity contribution < 1.29 is 8.83 Å². The molecule has 18 heteroatoms. The molecule has 0 fully saturated rings. The van der Waals surface area contributed by atoms with Crippen molar-refractivity contribution >= 4 is 141 Å². The van der Waals surface area contributed by atoms with E-state index in [0.29, 0.717) is 69.1 Å². The molecule has 9 heterocycles. The Morgan fingerprint density at radius 2 is 0.500 bits per heavy atom. The zero-order valence-corrected chi connectivity index (χ0v) is 74.1. The lowest BCUT2D eigenvalue weighted by Crippen LogP contribution is -2.01. The molecule has 0 saturated heterocycles. The number of furan rings is 2. The van der Waals surface area contributed by atoms with E-state index in [9.17, 15) is 15.8 Å². The van der Waals surface area contributed by atoms with E-state index in [4.69, 9.17) is 53.7 Å². The fourth-order valence-electron chi connectivity index (χ4n) is 19.0. The number of fused-ring (bicyclic) bond motifs is 21. The van der Waals surface area contributed by atoms with Gasteiger partial charge in [-0.25, -0.2) is 44.9 Å². The molecule has 0 spiro atoms. The first kappa shape index (κ1) is 84.9. The third-order valence-electron chi connectivity index (χ3n) is 25.4. The maximum atomic E-state index is 9.54. The maximum Gasteiger partial charge on any atom is 0.164 e. The molecule has 9 aromatic heterocycles. The SMILES string of the molecule is C.C.N#Cc1ccc(-c2nc(-c3ccccc3)nc(-c3cccc(-n4c5ccccc5c5ccc6c7ccccc7sc6c54)c3)n2)cc1.N#Cc1cccc(-c2nc(-c3ccccc3)nc(-c3ccc(-n4c5ccccc5c5ccc6c7ccccc7oc6c54)cc3)n2)c1.N#Cc1cccc(-c2nc(-c3ccccc3)nc(-c3cccc(-n4c5ccccc5c5ccc6c7ccccc7oc6c54)c3)n2)c1. The fourth-order valence-corrected chi connectivity index (χ4v) is 20.3. The van der Waals surface area contributed by atoms with E-state index in [1.54, 1.807) is 36.4 Å². The molecule has 0 aliphatic carbocycles. The molecule has 140 heavy (non-hydrogen) atoms. The van der Waals surface area contributed by atoms with Crippen LogP contribution in [0.5, 0.6) is 0 Å². The van der Waals surface area contributed by atoms with Crippen molar-refractivity contribution in [3.63, 3.8) is 0 Å². The first-order valence-electron chi connectivity index (χ1n) is 45.0. The largest absolute Gasteiger partial charge is 0.454 e. The average Bonchev–Trinajstić information content (AvgIpc) is 1.57. The standard InChI is InChI=1S/2C40H23N5O.C40H23N5S.2CH4/c41-24-25-10-8-13-27(22-25)39-42-38(26-11-2-1-3-12-26)43-40(44-39)28-14-9-15-29(23-28)45-34-18-6-4-16-30(34)32-20-21-33-31-17-5-7-19-35(31)46-37(33)36(32)45;41-24-25-9-8-12-28(23-25)40-43-38(26-10-2-1-3-11-26)42-39(44-40)27-17-19-29(20-18-27)45-34-15-6-4-13-30(34)32-21-22-33-31-14-5-7-16-35(31)46-37(33)36(32)45;41-24-25-17-19-27(20-18-25)39-42-38(26-9-2-1-3-10-26)43-40(44-39)28-11-8-12-29(23-28)45-34-15-6-4-13-30(34)32-21-22-33-31-14-5-7-16-35(31)46-37(33)36(32)45;;/h3*1-23H;2*1H4. The highest BCUT2D eigenvalue weighted by Gasteiger charge is 2.26. The summed E-state index contributed by atoms with van der Waals surface area (Å²) >= 11 is 1.84. The zero-order chi connectivity index (χ0) is 91.8. The molecule has 658 valence electrons. The molecular formula is C122H77N15O2S. The van der Waals surface area contributed by atoms with Crippen LogP contribution in [0.15, 0.2) is 427 Å². The average molecular weight is 1820 g/mol. The molecule has 0 amide bonds. The monoisotopic (exact) mass is 1820 g/mol. The van der Waals surface area contributed by atoms with Crippen LogP contribution in [-0.2, 0) is 0 Å². The van der Waals surface area contributed by atoms with Crippen molar-refractivity contribution in [1.29, 1.82) is 15.8 Å². The summed E-state index contributed by atoms with van der Waals surface area (Å²) in [7, 11) is 0. The lowest BCUT2D eigenvalue weighted by molar-refractivity contribution is 0.670. The minimum absolute atomic E-state index is 0. The summed E-state index contributed by atoms with van der Waals surface area (Å²) < 4.78 is 22.5. The van der Waals surface area contributed by atoms with Crippen LogP contribution in [0.25, 0.3) is 249 Å². The van der Waals surface area contributed by atoms with E-state index >= 15 is 0 Å². The molecule has 17 nitrogen and oxygen atoms in total. The van der Waals surface area contributed by atoms with Crippen LogP contribution in [0.4, 0.5) is 0 Å². The maximum absolute atomic E-state index is 9.54. The second-order valence-corrected chi connectivity index (χ2v) is 34.7. The third kappa shape index (κ3) is 14.9. The van der Waals surface area contributed by atoms with Crippen LogP contribution < -0.4 is 0 Å². The molecule has 0 aliphatic rings. The number of hydrogen-bond donors (Lipinski definition) is 0.